The number of nitrogens with one attached hydrogen (secondary N) is 3. The van der Waals surface area contributed by atoms with Crippen molar-refractivity contribution in [3.63, 3.8) is 0 Å². The van der Waals surface area contributed by atoms with Crippen molar-refractivity contribution in [2.45, 2.75) is 43.8 Å². The molecule has 2 fully saturated rings. The third kappa shape index (κ3) is 3.71. The number of urea groups is 1. The Labute approximate surface area is 148 Å². The molecule has 2 aliphatic rings. The monoisotopic (exact) mass is 346 g/mol. The number of methoxy groups -OCH3 is 1. The van der Waals surface area contributed by atoms with Crippen LogP contribution in [0.25, 0.3) is 0 Å². The lowest BCUT2D eigenvalue weighted by Crippen LogP contribution is -2.49. The lowest BCUT2D eigenvalue weighted by molar-refractivity contribution is 0.0963. The molecule has 1 aromatic rings. The molecule has 7 heteroatoms. The molecule has 0 aliphatic carbocycles. The van der Waals surface area contributed by atoms with Crippen LogP contribution in [0.1, 0.15) is 36.0 Å². The zero-order chi connectivity index (χ0) is 18.0. The number of benzene rings is 1. The Balaban J connectivity index is 1.65. The second-order valence-corrected chi connectivity index (χ2v) is 6.81. The molecule has 25 heavy (non-hydrogen) atoms. The summed E-state index contributed by atoms with van der Waals surface area (Å²) in [5, 5.41) is 8.46. The van der Waals surface area contributed by atoms with Gasteiger partial charge in [0.2, 0.25) is 0 Å². The lowest BCUT2D eigenvalue weighted by Gasteiger charge is -2.36. The number of hydrogen-bond acceptors (Lipinski definition) is 4. The zero-order valence-electron chi connectivity index (χ0n) is 15.0. The number of rotatable bonds is 4. The number of ether oxygens (including phenoxy) is 1. The second-order valence-electron chi connectivity index (χ2n) is 6.81. The van der Waals surface area contributed by atoms with Gasteiger partial charge in [0.05, 0.1) is 12.8 Å². The maximum absolute atomic E-state index is 12.4. The minimum Gasteiger partial charge on any atom is -0.495 e. The Morgan fingerprint density at radius 1 is 1.20 bits per heavy atom. The number of fused-ring (bicyclic) bond motifs is 2. The Morgan fingerprint density at radius 2 is 1.88 bits per heavy atom. The minimum absolute atomic E-state index is 0.182. The van der Waals surface area contributed by atoms with Crippen molar-refractivity contribution < 1.29 is 14.3 Å². The van der Waals surface area contributed by atoms with Crippen molar-refractivity contribution in [1.82, 2.24) is 15.5 Å². The van der Waals surface area contributed by atoms with Gasteiger partial charge < -0.3 is 25.6 Å². The highest BCUT2D eigenvalue weighted by Crippen LogP contribution is 2.34. The first-order chi connectivity index (χ1) is 12.0. The maximum Gasteiger partial charge on any atom is 0.319 e. The molecular weight excluding hydrogens is 320 g/mol. The molecule has 0 spiro atoms. The van der Waals surface area contributed by atoms with E-state index in [2.05, 4.69) is 27.9 Å². The number of amides is 3. The summed E-state index contributed by atoms with van der Waals surface area (Å²) in [4.78, 5) is 26.7. The molecule has 3 amide bonds. The lowest BCUT2D eigenvalue weighted by atomic mass is 9.98. The van der Waals surface area contributed by atoms with Crippen LogP contribution in [0.2, 0.25) is 0 Å². The molecule has 0 aromatic heterocycles. The zero-order valence-corrected chi connectivity index (χ0v) is 15.0. The molecule has 2 unspecified atom stereocenters. The number of anilines is 1. The Bertz CT molecular complexity index is 650. The molecular formula is C18H26N4O3. The summed E-state index contributed by atoms with van der Waals surface area (Å²) in [6.45, 7) is 0. The molecule has 1 aromatic carbocycles. The van der Waals surface area contributed by atoms with E-state index in [1.54, 1.807) is 25.2 Å². The van der Waals surface area contributed by atoms with Crippen LogP contribution in [-0.4, -0.2) is 56.2 Å². The summed E-state index contributed by atoms with van der Waals surface area (Å²) in [5.41, 5.74) is 0.952. The highest BCUT2D eigenvalue weighted by Gasteiger charge is 2.38. The minimum atomic E-state index is -0.263. The van der Waals surface area contributed by atoms with Crippen LogP contribution in [0.5, 0.6) is 5.75 Å². The van der Waals surface area contributed by atoms with Gasteiger partial charge in [0.15, 0.2) is 0 Å². The summed E-state index contributed by atoms with van der Waals surface area (Å²) >= 11 is 0. The summed E-state index contributed by atoms with van der Waals surface area (Å²) < 4.78 is 5.28. The maximum atomic E-state index is 12.4. The van der Waals surface area contributed by atoms with E-state index in [0.717, 1.165) is 12.8 Å². The molecule has 2 saturated heterocycles. The number of piperidine rings is 1. The van der Waals surface area contributed by atoms with Crippen LogP contribution >= 0.6 is 0 Å². The molecule has 2 aliphatic heterocycles. The average Bonchev–Trinajstić information content (AvgIpc) is 2.82. The van der Waals surface area contributed by atoms with Crippen LogP contribution in [0.3, 0.4) is 0 Å². The van der Waals surface area contributed by atoms with Crippen LogP contribution in [0, 0.1) is 0 Å². The Morgan fingerprint density at radius 3 is 2.48 bits per heavy atom. The first kappa shape index (κ1) is 17.5. The van der Waals surface area contributed by atoms with E-state index in [1.165, 1.54) is 20.0 Å². The second kappa shape index (κ2) is 7.31. The third-order valence-electron chi connectivity index (χ3n) is 5.37. The highest BCUT2D eigenvalue weighted by atomic mass is 16.5. The fraction of sp³-hybridized carbons (Fsp3) is 0.556. The molecule has 2 atom stereocenters. The predicted octanol–water partition coefficient (Wildman–Crippen LogP) is 1.80. The molecule has 2 bridgehead atoms. The molecule has 7 nitrogen and oxygen atoms in total. The molecule has 0 radical (unpaired) electrons. The fourth-order valence-electron chi connectivity index (χ4n) is 3.96. The largest absolute Gasteiger partial charge is 0.495 e. The number of carbonyl (C=O) groups is 2. The molecule has 3 rings (SSSR count). The van der Waals surface area contributed by atoms with Crippen LogP contribution in [-0.2, 0) is 0 Å². The smallest absolute Gasteiger partial charge is 0.319 e. The summed E-state index contributed by atoms with van der Waals surface area (Å²) in [6.07, 6.45) is 4.39. The van der Waals surface area contributed by atoms with E-state index in [9.17, 15) is 9.59 Å². The van der Waals surface area contributed by atoms with Crippen LogP contribution in [0.4, 0.5) is 10.5 Å². The normalized spacial score (nSPS) is 25.3. The average molecular weight is 346 g/mol. The third-order valence-corrected chi connectivity index (χ3v) is 5.37. The fourth-order valence-corrected chi connectivity index (χ4v) is 3.96. The van der Waals surface area contributed by atoms with Crippen molar-refractivity contribution in [2.24, 2.45) is 0 Å². The summed E-state index contributed by atoms with van der Waals surface area (Å²) in [7, 11) is 5.28. The van der Waals surface area contributed by atoms with Gasteiger partial charge in [-0.25, -0.2) is 4.79 Å². The van der Waals surface area contributed by atoms with E-state index >= 15 is 0 Å². The molecule has 0 saturated carbocycles. The highest BCUT2D eigenvalue weighted by molar-refractivity contribution is 5.97. The predicted molar refractivity (Wildman–Crippen MR) is 96.1 cm³/mol. The first-order valence-electron chi connectivity index (χ1n) is 8.71. The summed E-state index contributed by atoms with van der Waals surface area (Å²) in [5.74, 6) is 0.309. The summed E-state index contributed by atoms with van der Waals surface area (Å²) in [6, 6.07) is 6.01. The van der Waals surface area contributed by atoms with Crippen molar-refractivity contribution in [3.05, 3.63) is 23.8 Å². The SMILES string of the molecule is CNC(=O)c1ccc(OC)c(NC(=O)NC2CC3CCC(C2)N3C)c1. The van der Waals surface area contributed by atoms with Gasteiger partial charge in [-0.05, 0) is 50.9 Å². The van der Waals surface area contributed by atoms with Crippen molar-refractivity contribution in [1.29, 1.82) is 0 Å². The van der Waals surface area contributed by atoms with Gasteiger partial charge in [-0.3, -0.25) is 4.79 Å². The first-order valence-corrected chi connectivity index (χ1v) is 8.71. The standard InChI is InChI=1S/C18H26N4O3/c1-19-17(23)11-4-7-16(25-3)15(8-11)21-18(24)20-12-9-13-5-6-14(10-12)22(13)2/h4,7-8,12-14H,5-6,9-10H2,1-3H3,(H,19,23)(H2,20,21,24). The topological polar surface area (TPSA) is 82.7 Å². The molecule has 136 valence electrons. The van der Waals surface area contributed by atoms with E-state index in [4.69, 9.17) is 4.74 Å². The van der Waals surface area contributed by atoms with E-state index in [1.807, 2.05) is 0 Å². The van der Waals surface area contributed by atoms with Crippen molar-refractivity contribution in [2.75, 3.05) is 26.5 Å². The quantitative estimate of drug-likeness (QED) is 0.776. The number of carbonyl (C=O) groups excluding carboxylic acids is 2. The molecule has 2 heterocycles. The van der Waals surface area contributed by atoms with E-state index in [-0.39, 0.29) is 18.0 Å². The molecule has 3 N–H and O–H groups in total. The van der Waals surface area contributed by atoms with Crippen LogP contribution in [0.15, 0.2) is 18.2 Å². The van der Waals surface area contributed by atoms with Gasteiger partial charge in [0.25, 0.3) is 5.91 Å². The van der Waals surface area contributed by atoms with Gasteiger partial charge >= 0.3 is 6.03 Å². The number of hydrogen-bond donors (Lipinski definition) is 3. The Kier molecular flexibility index (Phi) is 5.13. The van der Waals surface area contributed by atoms with Gasteiger partial charge in [0, 0.05) is 30.7 Å². The van der Waals surface area contributed by atoms with Gasteiger partial charge in [-0.2, -0.15) is 0 Å². The number of nitrogens with zero attached hydrogens (tertiary/aromatic N) is 1. The van der Waals surface area contributed by atoms with Crippen LogP contribution < -0.4 is 20.7 Å². The van der Waals surface area contributed by atoms with Gasteiger partial charge in [-0.15, -0.1) is 0 Å². The van der Waals surface area contributed by atoms with Gasteiger partial charge in [-0.1, -0.05) is 0 Å². The van der Waals surface area contributed by atoms with Crippen molar-refractivity contribution in [3.8, 4) is 5.75 Å². The van der Waals surface area contributed by atoms with Gasteiger partial charge in [0.1, 0.15) is 5.75 Å². The van der Waals surface area contributed by atoms with E-state index < -0.39 is 0 Å². The van der Waals surface area contributed by atoms with E-state index in [0.29, 0.717) is 29.1 Å². The van der Waals surface area contributed by atoms with Crippen molar-refractivity contribution >= 4 is 17.6 Å². The Hall–Kier alpha value is -2.28.